The first-order valence-corrected chi connectivity index (χ1v) is 6.43. The van der Waals surface area contributed by atoms with E-state index in [0.29, 0.717) is 21.7 Å². The van der Waals surface area contributed by atoms with E-state index in [4.69, 9.17) is 16.0 Å². The molecule has 0 saturated heterocycles. The van der Waals surface area contributed by atoms with Gasteiger partial charge in [-0.05, 0) is 42.8 Å². The van der Waals surface area contributed by atoms with E-state index in [1.165, 1.54) is 18.2 Å². The van der Waals surface area contributed by atoms with Crippen molar-refractivity contribution in [3.8, 4) is 0 Å². The number of para-hydroxylation sites is 1. The quantitative estimate of drug-likeness (QED) is 0.636. The molecule has 0 bridgehead atoms. The molecule has 2 nitrogen and oxygen atoms in total. The molecule has 3 rings (SSSR count). The van der Waals surface area contributed by atoms with Crippen molar-refractivity contribution in [3.63, 3.8) is 0 Å². The SMILES string of the molecule is Cc1cc(C(=O)c2cc3cccc(Cl)c3o2)ccc1F. The van der Waals surface area contributed by atoms with E-state index in [2.05, 4.69) is 0 Å². The van der Waals surface area contributed by atoms with Gasteiger partial charge >= 0.3 is 0 Å². The second-order valence-corrected chi connectivity index (χ2v) is 4.97. The number of ketones is 1. The van der Waals surface area contributed by atoms with Crippen molar-refractivity contribution >= 4 is 28.4 Å². The number of benzene rings is 2. The average Bonchev–Trinajstić information content (AvgIpc) is 2.86. The summed E-state index contributed by atoms with van der Waals surface area (Å²) in [6.45, 7) is 1.61. The maximum absolute atomic E-state index is 13.2. The van der Waals surface area contributed by atoms with E-state index in [1.807, 2.05) is 6.07 Å². The highest BCUT2D eigenvalue weighted by Crippen LogP contribution is 2.27. The van der Waals surface area contributed by atoms with Gasteiger partial charge in [0.2, 0.25) is 5.78 Å². The van der Waals surface area contributed by atoms with Gasteiger partial charge in [-0.2, -0.15) is 0 Å². The van der Waals surface area contributed by atoms with E-state index in [-0.39, 0.29) is 17.4 Å². The predicted octanol–water partition coefficient (Wildman–Crippen LogP) is 4.76. The first kappa shape index (κ1) is 12.9. The lowest BCUT2D eigenvalue weighted by Crippen LogP contribution is -2.00. The topological polar surface area (TPSA) is 30.2 Å². The van der Waals surface area contributed by atoms with Crippen LogP contribution < -0.4 is 0 Å². The van der Waals surface area contributed by atoms with Crippen molar-refractivity contribution in [2.75, 3.05) is 0 Å². The van der Waals surface area contributed by atoms with Crippen LogP contribution in [0.15, 0.2) is 46.9 Å². The van der Waals surface area contributed by atoms with Crippen molar-refractivity contribution in [2.45, 2.75) is 6.92 Å². The monoisotopic (exact) mass is 288 g/mol. The van der Waals surface area contributed by atoms with Crippen LogP contribution in [0.4, 0.5) is 4.39 Å². The summed E-state index contributed by atoms with van der Waals surface area (Å²) in [5.74, 6) is -0.436. The zero-order valence-electron chi connectivity index (χ0n) is 10.6. The minimum absolute atomic E-state index is 0.194. The zero-order chi connectivity index (χ0) is 14.3. The highest BCUT2D eigenvalue weighted by molar-refractivity contribution is 6.35. The third kappa shape index (κ3) is 2.10. The van der Waals surface area contributed by atoms with Gasteiger partial charge in [-0.3, -0.25) is 4.79 Å². The Morgan fingerprint density at radius 1 is 1.20 bits per heavy atom. The standard InChI is InChI=1S/C16H10ClFO2/c1-9-7-10(5-6-13(9)18)15(19)14-8-11-3-2-4-12(17)16(11)20-14/h2-8H,1H3. The van der Waals surface area contributed by atoms with Gasteiger partial charge in [-0.1, -0.05) is 23.7 Å². The van der Waals surface area contributed by atoms with Gasteiger partial charge in [0.15, 0.2) is 11.3 Å². The smallest absolute Gasteiger partial charge is 0.228 e. The Labute approximate surface area is 119 Å². The molecule has 20 heavy (non-hydrogen) atoms. The van der Waals surface area contributed by atoms with E-state index < -0.39 is 0 Å². The second-order valence-electron chi connectivity index (χ2n) is 4.56. The first-order valence-electron chi connectivity index (χ1n) is 6.05. The molecule has 0 atom stereocenters. The molecule has 0 spiro atoms. The Balaban J connectivity index is 2.08. The Bertz CT molecular complexity index is 820. The number of furan rings is 1. The lowest BCUT2D eigenvalue weighted by atomic mass is 10.1. The van der Waals surface area contributed by atoms with Crippen LogP contribution in [0, 0.1) is 12.7 Å². The fraction of sp³-hybridized carbons (Fsp3) is 0.0625. The van der Waals surface area contributed by atoms with Gasteiger partial charge in [0.25, 0.3) is 0 Å². The van der Waals surface area contributed by atoms with Crippen molar-refractivity contribution in [1.82, 2.24) is 0 Å². The number of aryl methyl sites for hydroxylation is 1. The summed E-state index contributed by atoms with van der Waals surface area (Å²) in [4.78, 5) is 12.3. The highest BCUT2D eigenvalue weighted by atomic mass is 35.5. The van der Waals surface area contributed by atoms with Gasteiger partial charge in [-0.15, -0.1) is 0 Å². The van der Waals surface area contributed by atoms with Crippen LogP contribution in [-0.2, 0) is 0 Å². The van der Waals surface area contributed by atoms with Gasteiger partial charge in [-0.25, -0.2) is 4.39 Å². The number of carbonyl (C=O) groups excluding carboxylic acids is 1. The molecular weight excluding hydrogens is 279 g/mol. The van der Waals surface area contributed by atoms with Gasteiger partial charge in [0, 0.05) is 10.9 Å². The van der Waals surface area contributed by atoms with Crippen LogP contribution in [0.25, 0.3) is 11.0 Å². The fourth-order valence-corrected chi connectivity index (χ4v) is 2.29. The molecule has 0 fully saturated rings. The third-order valence-corrected chi connectivity index (χ3v) is 3.44. The first-order chi connectivity index (χ1) is 9.56. The van der Waals surface area contributed by atoms with Crippen LogP contribution in [0.2, 0.25) is 5.02 Å². The van der Waals surface area contributed by atoms with Crippen molar-refractivity contribution in [3.05, 3.63) is 70.2 Å². The van der Waals surface area contributed by atoms with Crippen molar-refractivity contribution in [2.24, 2.45) is 0 Å². The van der Waals surface area contributed by atoms with Gasteiger partial charge in [0.05, 0.1) is 5.02 Å². The van der Waals surface area contributed by atoms with Crippen LogP contribution in [0.3, 0.4) is 0 Å². The summed E-state index contributed by atoms with van der Waals surface area (Å²) < 4.78 is 18.7. The summed E-state index contributed by atoms with van der Waals surface area (Å²) in [7, 11) is 0. The average molecular weight is 289 g/mol. The minimum atomic E-state index is -0.339. The molecule has 0 amide bonds. The molecule has 0 saturated carbocycles. The van der Waals surface area contributed by atoms with Crippen LogP contribution in [0.1, 0.15) is 21.7 Å². The summed E-state index contributed by atoms with van der Waals surface area (Å²) >= 11 is 6.01. The molecule has 0 N–H and O–H groups in total. The number of rotatable bonds is 2. The van der Waals surface area contributed by atoms with Crippen LogP contribution in [0.5, 0.6) is 0 Å². The maximum Gasteiger partial charge on any atom is 0.228 e. The normalized spacial score (nSPS) is 10.9. The molecule has 0 aliphatic heterocycles. The molecule has 0 aliphatic carbocycles. The van der Waals surface area contributed by atoms with E-state index in [1.54, 1.807) is 25.1 Å². The molecule has 0 aliphatic rings. The van der Waals surface area contributed by atoms with E-state index in [0.717, 1.165) is 5.39 Å². The summed E-state index contributed by atoms with van der Waals surface area (Å²) in [6, 6.07) is 11.2. The number of hydrogen-bond donors (Lipinski definition) is 0. The molecular formula is C16H10ClFO2. The second kappa shape index (κ2) is 4.76. The van der Waals surface area contributed by atoms with Crippen LogP contribution in [-0.4, -0.2) is 5.78 Å². The molecule has 1 heterocycles. The lowest BCUT2D eigenvalue weighted by Gasteiger charge is -2.00. The fourth-order valence-electron chi connectivity index (χ4n) is 2.07. The number of hydrogen-bond acceptors (Lipinski definition) is 2. The molecule has 2 aromatic carbocycles. The summed E-state index contributed by atoms with van der Waals surface area (Å²) in [6.07, 6.45) is 0. The van der Waals surface area contributed by atoms with Crippen molar-refractivity contribution in [1.29, 1.82) is 0 Å². The van der Waals surface area contributed by atoms with Crippen LogP contribution >= 0.6 is 11.6 Å². The molecule has 0 radical (unpaired) electrons. The van der Waals surface area contributed by atoms with E-state index >= 15 is 0 Å². The molecule has 0 unspecified atom stereocenters. The third-order valence-electron chi connectivity index (χ3n) is 3.14. The highest BCUT2D eigenvalue weighted by Gasteiger charge is 2.16. The molecule has 100 valence electrons. The maximum atomic E-state index is 13.2. The Morgan fingerprint density at radius 2 is 2.00 bits per heavy atom. The largest absolute Gasteiger partial charge is 0.451 e. The molecule has 4 heteroatoms. The zero-order valence-corrected chi connectivity index (χ0v) is 11.4. The molecule has 1 aromatic heterocycles. The Kier molecular flexibility index (Phi) is 3.07. The summed E-state index contributed by atoms with van der Waals surface area (Å²) in [5, 5.41) is 1.22. The Hall–Kier alpha value is -2.13. The van der Waals surface area contributed by atoms with Gasteiger partial charge in [0.1, 0.15) is 5.82 Å². The van der Waals surface area contributed by atoms with Crippen molar-refractivity contribution < 1.29 is 13.6 Å². The summed E-state index contributed by atoms with van der Waals surface area (Å²) in [5.41, 5.74) is 1.29. The Morgan fingerprint density at radius 3 is 2.70 bits per heavy atom. The predicted molar refractivity (Wildman–Crippen MR) is 75.8 cm³/mol. The number of halogens is 2. The number of fused-ring (bicyclic) bond motifs is 1. The lowest BCUT2D eigenvalue weighted by molar-refractivity contribution is 0.101. The van der Waals surface area contributed by atoms with Gasteiger partial charge < -0.3 is 4.42 Å². The molecule has 3 aromatic rings. The van der Waals surface area contributed by atoms with E-state index in [9.17, 15) is 9.18 Å². The minimum Gasteiger partial charge on any atom is -0.451 e. The number of carbonyl (C=O) groups is 1.